The van der Waals surface area contributed by atoms with Crippen LogP contribution in [0, 0.1) is 0 Å². The van der Waals surface area contributed by atoms with Gasteiger partial charge in [0.05, 0.1) is 22.8 Å². The van der Waals surface area contributed by atoms with Crippen LogP contribution in [0.1, 0.15) is 23.2 Å². The van der Waals surface area contributed by atoms with Gasteiger partial charge in [-0.2, -0.15) is 5.10 Å². The summed E-state index contributed by atoms with van der Waals surface area (Å²) in [4.78, 5) is 25.0. The number of aryl methyl sites for hydroxylation is 1. The lowest BCUT2D eigenvalue weighted by Crippen LogP contribution is -2.42. The molecule has 0 bridgehead atoms. The second-order valence-electron chi connectivity index (χ2n) is 7.87. The Morgan fingerprint density at radius 1 is 1.19 bits per heavy atom. The minimum atomic E-state index is -0.0651. The van der Waals surface area contributed by atoms with Gasteiger partial charge in [-0.15, -0.1) is 0 Å². The zero-order valence-corrected chi connectivity index (χ0v) is 17.2. The molecule has 9 heteroatoms. The van der Waals surface area contributed by atoms with Gasteiger partial charge in [-0.3, -0.25) is 9.48 Å². The number of pyridine rings is 1. The number of carbonyl (C=O) groups is 1. The Balaban J connectivity index is 1.44. The van der Waals surface area contributed by atoms with E-state index >= 15 is 0 Å². The number of fused-ring (bicyclic) bond motifs is 1. The molecule has 0 aliphatic carbocycles. The van der Waals surface area contributed by atoms with E-state index in [4.69, 9.17) is 5.73 Å². The van der Waals surface area contributed by atoms with Crippen molar-refractivity contribution in [2.75, 3.05) is 18.8 Å². The predicted molar refractivity (Wildman–Crippen MR) is 119 cm³/mol. The Morgan fingerprint density at radius 2 is 2.03 bits per heavy atom. The molecule has 5 N–H and O–H groups in total. The lowest BCUT2D eigenvalue weighted by Gasteiger charge is -2.23. The maximum Gasteiger partial charge on any atom is 0.251 e. The van der Waals surface area contributed by atoms with Crippen LogP contribution in [-0.4, -0.2) is 49.8 Å². The van der Waals surface area contributed by atoms with Crippen LogP contribution in [0.5, 0.6) is 0 Å². The molecule has 1 aliphatic rings. The summed E-state index contributed by atoms with van der Waals surface area (Å²) in [6.45, 7) is 1.86. The monoisotopic (exact) mass is 416 g/mol. The van der Waals surface area contributed by atoms with Crippen LogP contribution in [0.2, 0.25) is 0 Å². The molecule has 1 saturated heterocycles. The van der Waals surface area contributed by atoms with Gasteiger partial charge in [-0.25, -0.2) is 9.97 Å². The van der Waals surface area contributed by atoms with Gasteiger partial charge in [0.1, 0.15) is 11.6 Å². The highest BCUT2D eigenvalue weighted by atomic mass is 16.1. The largest absolute Gasteiger partial charge is 0.383 e. The van der Waals surface area contributed by atoms with E-state index < -0.39 is 0 Å². The lowest BCUT2D eigenvalue weighted by atomic mass is 10.1. The summed E-state index contributed by atoms with van der Waals surface area (Å²) in [5.74, 6) is 0.932. The van der Waals surface area contributed by atoms with Crippen molar-refractivity contribution in [2.24, 2.45) is 7.05 Å². The molecule has 4 aromatic rings. The zero-order chi connectivity index (χ0) is 21.4. The van der Waals surface area contributed by atoms with Gasteiger partial charge >= 0.3 is 0 Å². The topological polar surface area (TPSA) is 127 Å². The van der Waals surface area contributed by atoms with Crippen molar-refractivity contribution in [3.05, 3.63) is 48.4 Å². The molecular weight excluding hydrogens is 392 g/mol. The Bertz CT molecular complexity index is 1250. The third-order valence-electron chi connectivity index (χ3n) is 5.63. The summed E-state index contributed by atoms with van der Waals surface area (Å²) in [5, 5.41) is 10.6. The quantitative estimate of drug-likeness (QED) is 0.403. The number of hydrogen-bond acceptors (Lipinski definition) is 6. The van der Waals surface area contributed by atoms with Crippen molar-refractivity contribution < 1.29 is 4.79 Å². The highest BCUT2D eigenvalue weighted by Gasteiger charge is 2.18. The minimum Gasteiger partial charge on any atom is -0.383 e. The molecule has 0 radical (unpaired) electrons. The highest BCUT2D eigenvalue weighted by Crippen LogP contribution is 2.29. The fourth-order valence-corrected chi connectivity index (χ4v) is 3.91. The van der Waals surface area contributed by atoms with Crippen molar-refractivity contribution in [1.29, 1.82) is 0 Å². The van der Waals surface area contributed by atoms with Gasteiger partial charge in [0.15, 0.2) is 0 Å². The van der Waals surface area contributed by atoms with Gasteiger partial charge in [0.25, 0.3) is 5.91 Å². The van der Waals surface area contributed by atoms with Gasteiger partial charge in [0, 0.05) is 42.2 Å². The Hall–Kier alpha value is -3.72. The van der Waals surface area contributed by atoms with Crippen molar-refractivity contribution in [2.45, 2.75) is 18.9 Å². The predicted octanol–water partition coefficient (Wildman–Crippen LogP) is 2.09. The van der Waals surface area contributed by atoms with Gasteiger partial charge in [-0.1, -0.05) is 0 Å². The number of nitrogens with two attached hydrogens (primary N) is 1. The minimum absolute atomic E-state index is 0.0651. The number of benzene rings is 1. The van der Waals surface area contributed by atoms with Crippen molar-refractivity contribution in [1.82, 2.24) is 35.4 Å². The lowest BCUT2D eigenvalue weighted by molar-refractivity contribution is 0.0929. The van der Waals surface area contributed by atoms with E-state index in [9.17, 15) is 4.79 Å². The van der Waals surface area contributed by atoms with E-state index in [0.717, 1.165) is 48.1 Å². The number of amides is 1. The third kappa shape index (κ3) is 3.87. The molecule has 9 nitrogen and oxygen atoms in total. The number of H-pyrrole nitrogens is 1. The van der Waals surface area contributed by atoms with E-state index in [-0.39, 0.29) is 11.9 Å². The molecule has 4 heterocycles. The molecular formula is C22H24N8O. The molecule has 1 fully saturated rings. The van der Waals surface area contributed by atoms with Crippen LogP contribution < -0.4 is 16.4 Å². The van der Waals surface area contributed by atoms with Crippen molar-refractivity contribution in [3.8, 4) is 22.5 Å². The molecule has 31 heavy (non-hydrogen) atoms. The smallest absolute Gasteiger partial charge is 0.251 e. The number of piperidine rings is 1. The number of aromatic nitrogens is 5. The molecule has 1 aliphatic heterocycles. The number of nitrogens with zero attached hydrogens (tertiary/aromatic N) is 4. The number of hydrogen-bond donors (Lipinski definition) is 4. The summed E-state index contributed by atoms with van der Waals surface area (Å²) in [6, 6.07) is 7.64. The average molecular weight is 416 g/mol. The molecule has 3 aromatic heterocycles. The number of imidazole rings is 1. The van der Waals surface area contributed by atoms with Crippen LogP contribution in [0.25, 0.3) is 33.5 Å². The van der Waals surface area contributed by atoms with E-state index in [2.05, 4.69) is 30.7 Å². The number of aromatic amines is 1. The number of nitrogens with one attached hydrogen (secondary N) is 3. The van der Waals surface area contributed by atoms with Crippen molar-refractivity contribution in [3.63, 3.8) is 0 Å². The van der Waals surface area contributed by atoms with Gasteiger partial charge in [-0.05, 0) is 50.2 Å². The maximum atomic E-state index is 12.7. The van der Waals surface area contributed by atoms with Crippen LogP contribution >= 0.6 is 0 Å². The van der Waals surface area contributed by atoms with Crippen molar-refractivity contribution >= 4 is 22.8 Å². The molecule has 0 unspecified atom stereocenters. The molecule has 0 spiro atoms. The highest BCUT2D eigenvalue weighted by molar-refractivity contribution is 5.98. The Labute approximate surface area is 179 Å². The summed E-state index contributed by atoms with van der Waals surface area (Å²) in [5.41, 5.74) is 10.9. The third-order valence-corrected chi connectivity index (χ3v) is 5.63. The first kappa shape index (κ1) is 19.3. The first-order valence-electron chi connectivity index (χ1n) is 10.3. The number of anilines is 1. The summed E-state index contributed by atoms with van der Waals surface area (Å²) < 4.78 is 1.74. The van der Waals surface area contributed by atoms with Crippen LogP contribution in [0.3, 0.4) is 0 Å². The van der Waals surface area contributed by atoms with Crippen LogP contribution in [0.15, 0.2) is 42.9 Å². The van der Waals surface area contributed by atoms with Gasteiger partial charge in [0.2, 0.25) is 0 Å². The first-order valence-corrected chi connectivity index (χ1v) is 10.3. The summed E-state index contributed by atoms with van der Waals surface area (Å²) >= 11 is 0. The molecule has 1 amide bonds. The molecule has 158 valence electrons. The van der Waals surface area contributed by atoms with E-state index in [1.807, 2.05) is 31.4 Å². The van der Waals surface area contributed by atoms with E-state index in [1.54, 1.807) is 23.1 Å². The van der Waals surface area contributed by atoms with Gasteiger partial charge < -0.3 is 21.4 Å². The average Bonchev–Trinajstić information content (AvgIpc) is 3.40. The summed E-state index contributed by atoms with van der Waals surface area (Å²) in [7, 11) is 1.87. The number of nitrogen functional groups attached to an aromatic ring is 1. The maximum absolute atomic E-state index is 12.7. The Kier molecular flexibility index (Phi) is 4.87. The second kappa shape index (κ2) is 7.84. The fraction of sp³-hybridized carbons (Fsp3) is 0.273. The summed E-state index contributed by atoms with van der Waals surface area (Å²) in [6.07, 6.45) is 7.32. The van der Waals surface area contributed by atoms with Crippen LogP contribution in [-0.2, 0) is 7.05 Å². The molecule has 5 rings (SSSR count). The number of rotatable bonds is 4. The normalized spacial score (nSPS) is 14.7. The standard InChI is InChI=1S/C22H24N8O/c1-30-12-15(11-26-30)14-8-17(20(23)25-10-14)21-28-18-3-2-13(9-19(18)29-21)22(31)27-16-4-6-24-7-5-16/h2-3,8-12,16,24H,4-7H2,1H3,(H2,23,25)(H,27,31)(H,28,29). The first-order chi connectivity index (χ1) is 15.1. The molecule has 0 saturated carbocycles. The second-order valence-corrected chi connectivity index (χ2v) is 7.87. The van der Waals surface area contributed by atoms with Crippen LogP contribution in [0.4, 0.5) is 5.82 Å². The SMILES string of the molecule is Cn1cc(-c2cnc(N)c(-c3nc4ccc(C(=O)NC5CCNCC5)cc4[nH]3)c2)cn1. The zero-order valence-electron chi connectivity index (χ0n) is 17.2. The van der Waals surface area contributed by atoms with E-state index in [1.165, 1.54) is 0 Å². The molecule has 0 atom stereocenters. The fourth-order valence-electron chi connectivity index (χ4n) is 3.91. The Morgan fingerprint density at radius 3 is 2.81 bits per heavy atom. The number of carbonyl (C=O) groups excluding carboxylic acids is 1. The van der Waals surface area contributed by atoms with E-state index in [0.29, 0.717) is 22.8 Å². The molecule has 1 aromatic carbocycles.